The molecule has 146 valence electrons. The minimum atomic E-state index is -0.947. The van der Waals surface area contributed by atoms with E-state index in [2.05, 4.69) is 10.3 Å². The molecule has 1 aromatic carbocycles. The van der Waals surface area contributed by atoms with Crippen LogP contribution in [-0.2, 0) is 9.53 Å². The Morgan fingerprint density at radius 1 is 1.29 bits per heavy atom. The van der Waals surface area contributed by atoms with Crippen LogP contribution in [0, 0.1) is 0 Å². The number of carbonyl (C=O) groups excluding carboxylic acids is 1. The largest absolute Gasteiger partial charge is 0.487 e. The van der Waals surface area contributed by atoms with E-state index in [0.717, 1.165) is 5.56 Å². The van der Waals surface area contributed by atoms with Crippen molar-refractivity contribution in [3.63, 3.8) is 0 Å². The molecule has 0 spiro atoms. The van der Waals surface area contributed by atoms with Crippen LogP contribution >= 0.6 is 0 Å². The average molecular weight is 384 g/mol. The predicted molar refractivity (Wildman–Crippen MR) is 98.4 cm³/mol. The topological polar surface area (TPSA) is 118 Å². The number of nitrogens with zero attached hydrogens (tertiary/aromatic N) is 1. The monoisotopic (exact) mass is 384 g/mol. The van der Waals surface area contributed by atoms with Gasteiger partial charge in [-0.2, -0.15) is 0 Å². The van der Waals surface area contributed by atoms with Crippen molar-refractivity contribution in [2.24, 2.45) is 0 Å². The highest BCUT2D eigenvalue weighted by molar-refractivity contribution is 6.04. The normalized spacial score (nSPS) is 25.3. The molecule has 1 saturated heterocycles. The van der Waals surface area contributed by atoms with Gasteiger partial charge in [0.2, 0.25) is 0 Å². The first kappa shape index (κ1) is 18.4. The SMILES string of the molecule is O=C(O)C[C@@H]1C[C@@H]2c3cc(NC(=O)c4cccnc4)ccc3O[C@@H]2[C@@H](CO)O1. The molecule has 3 heterocycles. The molecule has 0 aliphatic carbocycles. The molecule has 8 nitrogen and oxygen atoms in total. The minimum Gasteiger partial charge on any atom is -0.487 e. The van der Waals surface area contributed by atoms with Crippen molar-refractivity contribution in [3.05, 3.63) is 53.9 Å². The number of ether oxygens (including phenoxy) is 2. The number of hydrogen-bond donors (Lipinski definition) is 3. The van der Waals surface area contributed by atoms with Gasteiger partial charge in [0.25, 0.3) is 5.91 Å². The number of carboxylic acid groups (broad SMARTS) is 1. The van der Waals surface area contributed by atoms with Crippen LogP contribution in [0.4, 0.5) is 5.69 Å². The van der Waals surface area contributed by atoms with Gasteiger partial charge in [-0.1, -0.05) is 0 Å². The summed E-state index contributed by atoms with van der Waals surface area (Å²) in [7, 11) is 0. The van der Waals surface area contributed by atoms with Crippen molar-refractivity contribution in [3.8, 4) is 5.75 Å². The lowest BCUT2D eigenvalue weighted by molar-refractivity contribution is -0.153. The fourth-order valence-electron chi connectivity index (χ4n) is 3.86. The van der Waals surface area contributed by atoms with E-state index in [1.54, 1.807) is 30.5 Å². The molecule has 2 aromatic rings. The molecule has 2 aliphatic rings. The number of nitrogens with one attached hydrogen (secondary N) is 1. The molecule has 2 aliphatic heterocycles. The number of carbonyl (C=O) groups is 2. The molecule has 1 aromatic heterocycles. The second-order valence-electron chi connectivity index (χ2n) is 6.95. The molecule has 0 saturated carbocycles. The van der Waals surface area contributed by atoms with E-state index < -0.39 is 18.2 Å². The third kappa shape index (κ3) is 3.56. The van der Waals surface area contributed by atoms with Gasteiger partial charge < -0.3 is 25.0 Å². The molecular weight excluding hydrogens is 364 g/mol. The summed E-state index contributed by atoms with van der Waals surface area (Å²) in [5, 5.41) is 21.6. The van der Waals surface area contributed by atoms with E-state index in [0.29, 0.717) is 23.4 Å². The summed E-state index contributed by atoms with van der Waals surface area (Å²) in [5.74, 6) is -0.669. The maximum atomic E-state index is 12.4. The van der Waals surface area contributed by atoms with Gasteiger partial charge in [0.1, 0.15) is 18.0 Å². The Morgan fingerprint density at radius 2 is 2.14 bits per heavy atom. The summed E-state index contributed by atoms with van der Waals surface area (Å²) in [6, 6.07) is 8.72. The number of pyridine rings is 1. The number of anilines is 1. The van der Waals surface area contributed by atoms with E-state index in [9.17, 15) is 14.7 Å². The van der Waals surface area contributed by atoms with Crippen LogP contribution in [-0.4, -0.2) is 52.0 Å². The first-order chi connectivity index (χ1) is 13.5. The molecule has 0 radical (unpaired) electrons. The molecule has 0 bridgehead atoms. The number of rotatable bonds is 5. The van der Waals surface area contributed by atoms with E-state index in [1.807, 2.05) is 6.07 Å². The molecule has 0 unspecified atom stereocenters. The van der Waals surface area contributed by atoms with Crippen molar-refractivity contribution in [1.82, 2.24) is 4.98 Å². The first-order valence-electron chi connectivity index (χ1n) is 9.05. The molecule has 4 rings (SSSR count). The van der Waals surface area contributed by atoms with Gasteiger partial charge in [0.15, 0.2) is 0 Å². The van der Waals surface area contributed by atoms with Crippen LogP contribution in [0.5, 0.6) is 5.75 Å². The molecule has 1 amide bonds. The second-order valence-corrected chi connectivity index (χ2v) is 6.95. The standard InChI is InChI=1S/C20H20N2O6/c23-10-17-19-15(7-13(27-17)8-18(24)25)14-6-12(3-4-16(14)28-19)22-20(26)11-2-1-5-21-9-11/h1-6,9,13,15,17,19,23H,7-8,10H2,(H,22,26)(H,24,25)/t13-,15+,17+,19-/m0/s1. The first-order valence-corrected chi connectivity index (χ1v) is 9.05. The van der Waals surface area contributed by atoms with Gasteiger partial charge in [0.05, 0.1) is 24.7 Å². The van der Waals surface area contributed by atoms with Crippen LogP contribution in [0.1, 0.15) is 34.7 Å². The summed E-state index contributed by atoms with van der Waals surface area (Å²) >= 11 is 0. The van der Waals surface area contributed by atoms with E-state index in [1.165, 1.54) is 6.20 Å². The summed E-state index contributed by atoms with van der Waals surface area (Å²) in [6.07, 6.45) is 1.95. The molecule has 4 atom stereocenters. The van der Waals surface area contributed by atoms with Crippen molar-refractivity contribution < 1.29 is 29.3 Å². The van der Waals surface area contributed by atoms with Crippen LogP contribution in [0.25, 0.3) is 0 Å². The van der Waals surface area contributed by atoms with Crippen LogP contribution in [0.2, 0.25) is 0 Å². The molecule has 3 N–H and O–H groups in total. The Hall–Kier alpha value is -2.97. The number of aromatic nitrogens is 1. The van der Waals surface area contributed by atoms with Gasteiger partial charge in [-0.05, 0) is 36.8 Å². The van der Waals surface area contributed by atoms with Gasteiger partial charge >= 0.3 is 5.97 Å². The molecule has 1 fully saturated rings. The highest BCUT2D eigenvalue weighted by atomic mass is 16.6. The number of aliphatic hydroxyl groups is 1. The van der Waals surface area contributed by atoms with Crippen molar-refractivity contribution in [2.75, 3.05) is 11.9 Å². The highest BCUT2D eigenvalue weighted by Crippen LogP contribution is 2.47. The fraction of sp³-hybridized carbons (Fsp3) is 0.350. The number of carboxylic acids is 1. The number of aliphatic carboxylic acids is 1. The van der Waals surface area contributed by atoms with Gasteiger partial charge in [-0.3, -0.25) is 14.6 Å². The Labute approximate surface area is 161 Å². The third-order valence-electron chi connectivity index (χ3n) is 5.08. The number of benzene rings is 1. The average Bonchev–Trinajstić information content (AvgIpc) is 3.05. The Balaban J connectivity index is 1.56. The lowest BCUT2D eigenvalue weighted by Crippen LogP contribution is -2.46. The number of hydrogen-bond acceptors (Lipinski definition) is 6. The number of fused-ring (bicyclic) bond motifs is 3. The van der Waals surface area contributed by atoms with Crippen LogP contribution in [0.15, 0.2) is 42.7 Å². The molecular formula is C20H20N2O6. The van der Waals surface area contributed by atoms with Gasteiger partial charge in [-0.15, -0.1) is 0 Å². The van der Waals surface area contributed by atoms with Crippen LogP contribution in [0.3, 0.4) is 0 Å². The zero-order valence-electron chi connectivity index (χ0n) is 14.9. The Morgan fingerprint density at radius 3 is 2.86 bits per heavy atom. The van der Waals surface area contributed by atoms with Gasteiger partial charge in [-0.25, -0.2) is 0 Å². The lowest BCUT2D eigenvalue weighted by Gasteiger charge is -2.36. The maximum absolute atomic E-state index is 12.4. The second kappa shape index (κ2) is 7.57. The zero-order valence-corrected chi connectivity index (χ0v) is 14.9. The zero-order chi connectivity index (χ0) is 19.7. The minimum absolute atomic E-state index is 0.111. The maximum Gasteiger partial charge on any atom is 0.305 e. The fourth-order valence-corrected chi connectivity index (χ4v) is 3.86. The number of amides is 1. The summed E-state index contributed by atoms with van der Waals surface area (Å²) in [6.45, 7) is -0.254. The highest BCUT2D eigenvalue weighted by Gasteiger charge is 2.46. The Kier molecular flexibility index (Phi) is 4.97. The van der Waals surface area contributed by atoms with E-state index in [4.69, 9.17) is 14.6 Å². The number of aliphatic hydroxyl groups excluding tert-OH is 1. The third-order valence-corrected chi connectivity index (χ3v) is 5.08. The predicted octanol–water partition coefficient (Wildman–Crippen LogP) is 1.80. The summed E-state index contributed by atoms with van der Waals surface area (Å²) in [5.41, 5.74) is 1.94. The van der Waals surface area contributed by atoms with Crippen LogP contribution < -0.4 is 10.1 Å². The summed E-state index contributed by atoms with van der Waals surface area (Å²) in [4.78, 5) is 27.4. The quantitative estimate of drug-likeness (QED) is 0.719. The van der Waals surface area contributed by atoms with E-state index >= 15 is 0 Å². The smallest absolute Gasteiger partial charge is 0.305 e. The summed E-state index contributed by atoms with van der Waals surface area (Å²) < 4.78 is 11.7. The van der Waals surface area contributed by atoms with Crippen molar-refractivity contribution in [1.29, 1.82) is 0 Å². The molecule has 28 heavy (non-hydrogen) atoms. The lowest BCUT2D eigenvalue weighted by atomic mass is 9.84. The Bertz CT molecular complexity index is 888. The van der Waals surface area contributed by atoms with E-state index in [-0.39, 0.29) is 31.0 Å². The molecule has 8 heteroatoms. The van der Waals surface area contributed by atoms with Crippen molar-refractivity contribution in [2.45, 2.75) is 37.1 Å². The van der Waals surface area contributed by atoms with Gasteiger partial charge in [0, 0.05) is 29.6 Å². The van der Waals surface area contributed by atoms with Crippen molar-refractivity contribution >= 4 is 17.6 Å².